The fourth-order valence-electron chi connectivity index (χ4n) is 2.84. The summed E-state index contributed by atoms with van der Waals surface area (Å²) in [6.07, 6.45) is 3.03. The van der Waals surface area contributed by atoms with Crippen LogP contribution in [0.3, 0.4) is 0 Å². The lowest BCUT2D eigenvalue weighted by Gasteiger charge is -2.25. The van der Waals surface area contributed by atoms with Gasteiger partial charge in [0.15, 0.2) is 5.13 Å². The molecule has 1 aliphatic heterocycles. The number of nitrogens with zero attached hydrogens (tertiary/aromatic N) is 3. The Bertz CT molecular complexity index is 870. The maximum Gasteiger partial charge on any atom is 0.288 e. The normalized spacial score (nSPS) is 16.0. The predicted molar refractivity (Wildman–Crippen MR) is 104 cm³/mol. The van der Waals surface area contributed by atoms with Gasteiger partial charge in [0.1, 0.15) is 11.6 Å². The lowest BCUT2D eigenvalue weighted by atomic mass is 10.1. The van der Waals surface area contributed by atoms with E-state index >= 15 is 0 Å². The molecule has 0 aliphatic carbocycles. The molecule has 1 unspecified atom stereocenters. The molecule has 2 amide bonds. The Balaban J connectivity index is 1.78. The molecular weight excluding hydrogens is 408 g/mol. The van der Waals surface area contributed by atoms with Crippen molar-refractivity contribution >= 4 is 45.6 Å². The van der Waals surface area contributed by atoms with E-state index in [9.17, 15) is 19.7 Å². The molecule has 0 saturated carbocycles. The Morgan fingerprint density at radius 2 is 2.29 bits per heavy atom. The van der Waals surface area contributed by atoms with Crippen LogP contribution in [0.4, 0.5) is 10.8 Å². The molecule has 1 aliphatic rings. The zero-order valence-electron chi connectivity index (χ0n) is 14.7. The second-order valence-corrected chi connectivity index (χ2v) is 7.43. The second-order valence-electron chi connectivity index (χ2n) is 6.13. The highest BCUT2D eigenvalue weighted by molar-refractivity contribution is 7.13. The number of halogens is 1. The highest BCUT2D eigenvalue weighted by Crippen LogP contribution is 2.26. The number of benzene rings is 1. The summed E-state index contributed by atoms with van der Waals surface area (Å²) in [6.45, 7) is 0.583. The third-order valence-electron chi connectivity index (χ3n) is 4.14. The number of aromatic nitrogens is 1. The van der Waals surface area contributed by atoms with E-state index in [4.69, 9.17) is 16.3 Å². The van der Waals surface area contributed by atoms with Crippen LogP contribution in [-0.4, -0.2) is 52.4 Å². The van der Waals surface area contributed by atoms with Crippen molar-refractivity contribution in [2.75, 3.05) is 25.0 Å². The fraction of sp³-hybridized carbons (Fsp3) is 0.353. The number of nitrogens with one attached hydrogen (secondary N) is 1. The molecular formula is C17H17ClN4O5S. The summed E-state index contributed by atoms with van der Waals surface area (Å²) in [5.41, 5.74) is -0.284. The molecule has 1 aromatic heterocycles. The van der Waals surface area contributed by atoms with Gasteiger partial charge in [-0.25, -0.2) is 4.98 Å². The van der Waals surface area contributed by atoms with Crippen LogP contribution in [0.2, 0.25) is 5.02 Å². The first-order valence-corrected chi connectivity index (χ1v) is 9.74. The number of hydrogen-bond donors (Lipinski definition) is 1. The minimum atomic E-state index is -0.654. The molecule has 0 bridgehead atoms. The van der Waals surface area contributed by atoms with Crippen LogP contribution in [0, 0.1) is 10.1 Å². The number of rotatable bonds is 7. The van der Waals surface area contributed by atoms with Gasteiger partial charge in [0.25, 0.3) is 11.6 Å². The van der Waals surface area contributed by atoms with Crippen LogP contribution in [0.5, 0.6) is 0 Å². The van der Waals surface area contributed by atoms with Crippen molar-refractivity contribution in [3.63, 3.8) is 0 Å². The van der Waals surface area contributed by atoms with Gasteiger partial charge in [-0.3, -0.25) is 19.7 Å². The van der Waals surface area contributed by atoms with Crippen molar-refractivity contribution in [2.24, 2.45) is 0 Å². The first-order valence-electron chi connectivity index (χ1n) is 8.48. The smallest absolute Gasteiger partial charge is 0.288 e. The van der Waals surface area contributed by atoms with Gasteiger partial charge in [-0.1, -0.05) is 11.6 Å². The van der Waals surface area contributed by atoms with Gasteiger partial charge in [0, 0.05) is 36.4 Å². The maximum absolute atomic E-state index is 13.0. The standard InChI is InChI=1S/C17H17ClN4O5S/c18-13-4-3-11(8-14(13)22(25)26)16(24)21(9-12-2-1-6-27-12)10-15(23)20-17-19-5-7-28-17/h3-5,7-8,12H,1-2,6,9-10H2,(H,19,20,23). The van der Waals surface area contributed by atoms with Crippen molar-refractivity contribution < 1.29 is 19.2 Å². The van der Waals surface area contributed by atoms with Crippen molar-refractivity contribution in [1.82, 2.24) is 9.88 Å². The minimum absolute atomic E-state index is 0.0614. The third kappa shape index (κ3) is 5.03. The Kier molecular flexibility index (Phi) is 6.55. The van der Waals surface area contributed by atoms with E-state index in [0.29, 0.717) is 11.7 Å². The van der Waals surface area contributed by atoms with Crippen LogP contribution < -0.4 is 5.32 Å². The second kappa shape index (κ2) is 9.09. The molecule has 0 spiro atoms. The SMILES string of the molecule is O=C(CN(CC1CCCO1)C(=O)c1ccc(Cl)c([N+](=O)[O-])c1)Nc1nccs1. The highest BCUT2D eigenvalue weighted by atomic mass is 35.5. The Labute approximate surface area is 169 Å². The number of ether oxygens (including phenoxy) is 1. The number of thiazole rings is 1. The molecule has 28 heavy (non-hydrogen) atoms. The number of nitro benzene ring substituents is 1. The molecule has 1 saturated heterocycles. The van der Waals surface area contributed by atoms with E-state index in [1.165, 1.54) is 28.4 Å². The van der Waals surface area contributed by atoms with E-state index in [1.807, 2.05) is 0 Å². The van der Waals surface area contributed by atoms with Gasteiger partial charge >= 0.3 is 0 Å². The first-order chi connectivity index (χ1) is 13.4. The highest BCUT2D eigenvalue weighted by Gasteiger charge is 2.27. The van der Waals surface area contributed by atoms with Gasteiger partial charge in [-0.2, -0.15) is 0 Å². The van der Waals surface area contributed by atoms with E-state index in [-0.39, 0.29) is 35.5 Å². The van der Waals surface area contributed by atoms with Crippen LogP contribution in [0.1, 0.15) is 23.2 Å². The number of anilines is 1. The molecule has 9 nitrogen and oxygen atoms in total. The summed E-state index contributed by atoms with van der Waals surface area (Å²) in [5.74, 6) is -0.922. The molecule has 1 fully saturated rings. The summed E-state index contributed by atoms with van der Waals surface area (Å²) in [4.78, 5) is 41.1. The van der Waals surface area contributed by atoms with E-state index < -0.39 is 16.7 Å². The van der Waals surface area contributed by atoms with Crippen LogP contribution in [-0.2, 0) is 9.53 Å². The topological polar surface area (TPSA) is 115 Å². The lowest BCUT2D eigenvalue weighted by molar-refractivity contribution is -0.384. The fourth-order valence-corrected chi connectivity index (χ4v) is 3.57. The van der Waals surface area contributed by atoms with E-state index in [0.717, 1.165) is 18.9 Å². The molecule has 1 aromatic carbocycles. The number of hydrogen-bond acceptors (Lipinski definition) is 7. The molecule has 11 heteroatoms. The summed E-state index contributed by atoms with van der Waals surface area (Å²) in [7, 11) is 0. The van der Waals surface area contributed by atoms with Crippen LogP contribution >= 0.6 is 22.9 Å². The monoisotopic (exact) mass is 424 g/mol. The maximum atomic E-state index is 13.0. The molecule has 148 valence electrons. The Morgan fingerprint density at radius 3 is 2.93 bits per heavy atom. The van der Waals surface area contributed by atoms with Gasteiger partial charge in [0.05, 0.1) is 11.0 Å². The lowest BCUT2D eigenvalue weighted by Crippen LogP contribution is -2.42. The van der Waals surface area contributed by atoms with Gasteiger partial charge in [-0.15, -0.1) is 11.3 Å². The van der Waals surface area contributed by atoms with Crippen molar-refractivity contribution in [3.8, 4) is 0 Å². The summed E-state index contributed by atoms with van der Waals surface area (Å²) >= 11 is 7.08. The van der Waals surface area contributed by atoms with Gasteiger partial charge in [0.2, 0.25) is 5.91 Å². The molecule has 2 aromatic rings. The zero-order chi connectivity index (χ0) is 20.1. The van der Waals surface area contributed by atoms with Crippen LogP contribution in [0.25, 0.3) is 0 Å². The van der Waals surface area contributed by atoms with Crippen molar-refractivity contribution in [2.45, 2.75) is 18.9 Å². The molecule has 1 atom stereocenters. The molecule has 1 N–H and O–H groups in total. The molecule has 2 heterocycles. The number of nitro groups is 1. The third-order valence-corrected chi connectivity index (χ3v) is 5.15. The molecule has 0 radical (unpaired) electrons. The average Bonchev–Trinajstić information content (AvgIpc) is 3.35. The van der Waals surface area contributed by atoms with Crippen LogP contribution in [0.15, 0.2) is 29.8 Å². The van der Waals surface area contributed by atoms with Gasteiger partial charge in [-0.05, 0) is 25.0 Å². The number of carbonyl (C=O) groups excluding carboxylic acids is 2. The number of carbonyl (C=O) groups is 2. The van der Waals surface area contributed by atoms with E-state index in [1.54, 1.807) is 11.6 Å². The predicted octanol–water partition coefficient (Wildman–Crippen LogP) is 2.96. The largest absolute Gasteiger partial charge is 0.376 e. The van der Waals surface area contributed by atoms with Crippen molar-refractivity contribution in [3.05, 3.63) is 50.5 Å². The summed E-state index contributed by atoms with van der Waals surface area (Å²) in [6, 6.07) is 3.82. The quantitative estimate of drug-likeness (QED) is 0.539. The van der Waals surface area contributed by atoms with Gasteiger partial charge < -0.3 is 15.0 Å². The first kappa shape index (κ1) is 20.2. The summed E-state index contributed by atoms with van der Waals surface area (Å²) in [5, 5.41) is 15.8. The van der Waals surface area contributed by atoms with E-state index in [2.05, 4.69) is 10.3 Å². The molecule has 3 rings (SSSR count). The van der Waals surface area contributed by atoms with Crippen molar-refractivity contribution in [1.29, 1.82) is 0 Å². The Hall–Kier alpha value is -2.56. The zero-order valence-corrected chi connectivity index (χ0v) is 16.2. The minimum Gasteiger partial charge on any atom is -0.376 e. The average molecular weight is 425 g/mol. The Morgan fingerprint density at radius 1 is 1.46 bits per heavy atom. The number of amides is 2. The summed E-state index contributed by atoms with van der Waals surface area (Å²) < 4.78 is 5.57.